The highest BCUT2D eigenvalue weighted by molar-refractivity contribution is 5.73. The van der Waals surface area contributed by atoms with E-state index in [9.17, 15) is 0 Å². The monoisotopic (exact) mass is 175 g/mol. The molecule has 0 aliphatic carbocycles. The van der Waals surface area contributed by atoms with Gasteiger partial charge in [0.05, 0.1) is 5.69 Å². The smallest absolute Gasteiger partial charge is 0.199 e. The number of hydrogen-bond acceptors (Lipinski definition) is 4. The number of aromatic amines is 1. The minimum atomic E-state index is 0.529. The molecule has 1 aliphatic heterocycles. The number of nitrogens with zero attached hydrogens (tertiary/aromatic N) is 3. The zero-order valence-corrected chi connectivity index (χ0v) is 6.99. The fourth-order valence-electron chi connectivity index (χ4n) is 1.55. The highest BCUT2D eigenvalue weighted by atomic mass is 15.2. The maximum absolute atomic E-state index is 4.26. The second-order valence-electron chi connectivity index (χ2n) is 3.22. The van der Waals surface area contributed by atoms with Crippen LogP contribution >= 0.6 is 0 Å². The van der Waals surface area contributed by atoms with Crippen LogP contribution < -0.4 is 5.32 Å². The molecular weight excluding hydrogens is 166 g/mol. The Labute approximate surface area is 74.6 Å². The van der Waals surface area contributed by atoms with Crippen LogP contribution in [0.4, 0.5) is 0 Å². The molecule has 0 saturated carbocycles. The number of nitrogens with one attached hydrogen (secondary N) is 2. The summed E-state index contributed by atoms with van der Waals surface area (Å²) in [7, 11) is 0. The molecule has 1 fully saturated rings. The van der Waals surface area contributed by atoms with Crippen LogP contribution in [0.2, 0.25) is 0 Å². The first-order valence-corrected chi connectivity index (χ1v) is 4.31. The Morgan fingerprint density at radius 1 is 1.23 bits per heavy atom. The SMILES string of the molecule is c1cnc2c(C3CNC3)[nH]nc2n1. The molecule has 2 aromatic heterocycles. The van der Waals surface area contributed by atoms with Gasteiger partial charge in [-0.25, -0.2) is 9.97 Å². The number of aromatic nitrogens is 4. The third-order valence-electron chi connectivity index (χ3n) is 2.41. The van der Waals surface area contributed by atoms with E-state index in [0.29, 0.717) is 11.6 Å². The second-order valence-corrected chi connectivity index (χ2v) is 3.22. The average molecular weight is 175 g/mol. The van der Waals surface area contributed by atoms with Crippen LogP contribution in [-0.4, -0.2) is 33.3 Å². The van der Waals surface area contributed by atoms with Crippen molar-refractivity contribution in [2.24, 2.45) is 0 Å². The molecule has 1 aliphatic rings. The van der Waals surface area contributed by atoms with Gasteiger partial charge in [0.2, 0.25) is 0 Å². The highest BCUT2D eigenvalue weighted by Crippen LogP contribution is 2.22. The largest absolute Gasteiger partial charge is 0.315 e. The molecule has 0 bridgehead atoms. The van der Waals surface area contributed by atoms with Crippen molar-refractivity contribution >= 4 is 11.2 Å². The summed E-state index contributed by atoms with van der Waals surface area (Å²) < 4.78 is 0. The molecule has 5 nitrogen and oxygen atoms in total. The van der Waals surface area contributed by atoms with E-state index < -0.39 is 0 Å². The molecule has 66 valence electrons. The molecule has 5 heteroatoms. The van der Waals surface area contributed by atoms with Crippen LogP contribution in [0, 0.1) is 0 Å². The first kappa shape index (κ1) is 6.97. The molecule has 0 aromatic carbocycles. The predicted octanol–water partition coefficient (Wildman–Crippen LogP) is 0.0397. The van der Waals surface area contributed by atoms with Crippen molar-refractivity contribution in [3.63, 3.8) is 0 Å². The molecule has 0 radical (unpaired) electrons. The van der Waals surface area contributed by atoms with E-state index in [1.807, 2.05) is 0 Å². The van der Waals surface area contributed by atoms with Crippen molar-refractivity contribution < 1.29 is 0 Å². The van der Waals surface area contributed by atoms with Crippen LogP contribution in [-0.2, 0) is 0 Å². The lowest BCUT2D eigenvalue weighted by Crippen LogP contribution is -2.40. The molecule has 13 heavy (non-hydrogen) atoms. The summed E-state index contributed by atoms with van der Waals surface area (Å²) in [6, 6.07) is 0. The Hall–Kier alpha value is -1.49. The Morgan fingerprint density at radius 2 is 2.08 bits per heavy atom. The quantitative estimate of drug-likeness (QED) is 0.642. The maximum atomic E-state index is 4.26. The van der Waals surface area contributed by atoms with Crippen molar-refractivity contribution in [2.75, 3.05) is 13.1 Å². The van der Waals surface area contributed by atoms with E-state index in [-0.39, 0.29) is 0 Å². The van der Waals surface area contributed by atoms with Crippen molar-refractivity contribution in [2.45, 2.75) is 5.92 Å². The van der Waals surface area contributed by atoms with E-state index in [4.69, 9.17) is 0 Å². The molecule has 0 atom stereocenters. The summed E-state index contributed by atoms with van der Waals surface area (Å²) in [6.45, 7) is 2.02. The molecule has 0 unspecified atom stereocenters. The van der Waals surface area contributed by atoms with E-state index >= 15 is 0 Å². The molecule has 1 saturated heterocycles. The van der Waals surface area contributed by atoms with Gasteiger partial charge >= 0.3 is 0 Å². The first-order valence-electron chi connectivity index (χ1n) is 4.31. The van der Waals surface area contributed by atoms with Gasteiger partial charge in [0.1, 0.15) is 5.52 Å². The molecule has 3 rings (SSSR count). The van der Waals surface area contributed by atoms with Gasteiger partial charge in [-0.05, 0) is 0 Å². The standard InChI is InChI=1S/C8H9N5/c1-2-11-8-7(10-1)6(12-13-8)5-3-9-4-5/h1-2,5,9H,3-4H2,(H,11,12,13). The molecule has 0 spiro atoms. The van der Waals surface area contributed by atoms with E-state index in [1.165, 1.54) is 0 Å². The summed E-state index contributed by atoms with van der Waals surface area (Å²) in [6.07, 6.45) is 3.36. The lowest BCUT2D eigenvalue weighted by molar-refractivity contribution is 0.441. The van der Waals surface area contributed by atoms with Crippen molar-refractivity contribution in [1.29, 1.82) is 0 Å². The van der Waals surface area contributed by atoms with Crippen LogP contribution in [0.3, 0.4) is 0 Å². The second kappa shape index (κ2) is 2.50. The Kier molecular flexibility index (Phi) is 1.34. The van der Waals surface area contributed by atoms with E-state index in [2.05, 4.69) is 25.5 Å². The number of hydrogen-bond donors (Lipinski definition) is 2. The third kappa shape index (κ3) is 0.936. The van der Waals surface area contributed by atoms with Gasteiger partial charge < -0.3 is 5.32 Å². The van der Waals surface area contributed by atoms with Crippen molar-refractivity contribution in [1.82, 2.24) is 25.5 Å². The lowest BCUT2D eigenvalue weighted by atomic mass is 9.99. The Morgan fingerprint density at radius 3 is 2.85 bits per heavy atom. The molecular formula is C8H9N5. The zero-order valence-electron chi connectivity index (χ0n) is 6.99. The molecule has 0 amide bonds. The number of H-pyrrole nitrogens is 1. The van der Waals surface area contributed by atoms with Gasteiger partial charge in [-0.3, -0.25) is 5.10 Å². The van der Waals surface area contributed by atoms with Crippen LogP contribution in [0.5, 0.6) is 0 Å². The van der Waals surface area contributed by atoms with Crippen molar-refractivity contribution in [3.8, 4) is 0 Å². The minimum Gasteiger partial charge on any atom is -0.315 e. The van der Waals surface area contributed by atoms with Crippen LogP contribution in [0.25, 0.3) is 11.2 Å². The normalized spacial score (nSPS) is 17.5. The predicted molar refractivity (Wildman–Crippen MR) is 47.3 cm³/mol. The summed E-state index contributed by atoms with van der Waals surface area (Å²) in [4.78, 5) is 8.38. The highest BCUT2D eigenvalue weighted by Gasteiger charge is 2.23. The third-order valence-corrected chi connectivity index (χ3v) is 2.41. The van der Waals surface area contributed by atoms with Crippen LogP contribution in [0.1, 0.15) is 11.6 Å². The summed E-state index contributed by atoms with van der Waals surface area (Å²) in [5.41, 5.74) is 2.74. The zero-order chi connectivity index (χ0) is 8.67. The van der Waals surface area contributed by atoms with Gasteiger partial charge in [0.15, 0.2) is 5.65 Å². The first-order chi connectivity index (χ1) is 6.45. The fraction of sp³-hybridized carbons (Fsp3) is 0.375. The maximum Gasteiger partial charge on any atom is 0.199 e. The van der Waals surface area contributed by atoms with E-state index in [1.54, 1.807) is 12.4 Å². The Balaban J connectivity index is 2.17. The number of rotatable bonds is 1. The molecule has 2 N–H and O–H groups in total. The van der Waals surface area contributed by atoms with Gasteiger partial charge in [-0.2, -0.15) is 5.10 Å². The average Bonchev–Trinajstić information content (AvgIpc) is 2.47. The van der Waals surface area contributed by atoms with Gasteiger partial charge in [-0.1, -0.05) is 0 Å². The summed E-state index contributed by atoms with van der Waals surface area (Å²) >= 11 is 0. The molecule has 2 aromatic rings. The molecule has 3 heterocycles. The fourth-order valence-corrected chi connectivity index (χ4v) is 1.55. The minimum absolute atomic E-state index is 0.529. The van der Waals surface area contributed by atoms with Crippen LogP contribution in [0.15, 0.2) is 12.4 Å². The summed E-state index contributed by atoms with van der Waals surface area (Å²) in [5, 5.41) is 10.3. The Bertz CT molecular complexity index is 431. The van der Waals surface area contributed by atoms with Gasteiger partial charge in [-0.15, -0.1) is 0 Å². The van der Waals surface area contributed by atoms with Crippen molar-refractivity contribution in [3.05, 3.63) is 18.1 Å². The summed E-state index contributed by atoms with van der Waals surface area (Å²) in [5.74, 6) is 0.529. The van der Waals surface area contributed by atoms with E-state index in [0.717, 1.165) is 24.3 Å². The van der Waals surface area contributed by atoms with Gasteiger partial charge in [0, 0.05) is 31.4 Å². The number of fused-ring (bicyclic) bond motifs is 1. The van der Waals surface area contributed by atoms with Gasteiger partial charge in [0.25, 0.3) is 0 Å². The topological polar surface area (TPSA) is 66.5 Å². The lowest BCUT2D eigenvalue weighted by Gasteiger charge is -2.25.